The zero-order valence-electron chi connectivity index (χ0n) is 8.85. The molecule has 0 aromatic carbocycles. The number of hydrogen-bond acceptors (Lipinski definition) is 7. The summed E-state index contributed by atoms with van der Waals surface area (Å²) in [6.07, 6.45) is 0. The number of rotatable bonds is 1. The SMILES string of the molecule is O=C(O)C(=O)O.O=C(O)C(=O)OB(O)O.[H-].[Li+]. The molecule has 10 nitrogen and oxygen atoms in total. The second kappa shape index (κ2) is 10.00. The first kappa shape index (κ1) is 19.9. The molecule has 0 amide bonds. The first-order valence-corrected chi connectivity index (χ1v) is 2.94. The molecule has 0 aliphatic heterocycles. The van der Waals surface area contributed by atoms with Crippen LogP contribution in [0.5, 0.6) is 0 Å². The molecule has 86 valence electrons. The van der Waals surface area contributed by atoms with Crippen molar-refractivity contribution < 1.29 is 69.5 Å². The van der Waals surface area contributed by atoms with Gasteiger partial charge in [-0.3, -0.25) is 0 Å². The summed E-state index contributed by atoms with van der Waals surface area (Å²) < 4.78 is 3.38. The van der Waals surface area contributed by atoms with Crippen molar-refractivity contribution in [2.75, 3.05) is 0 Å². The van der Waals surface area contributed by atoms with E-state index in [-0.39, 0.29) is 20.3 Å². The van der Waals surface area contributed by atoms with E-state index in [0.29, 0.717) is 0 Å². The number of carbonyl (C=O) groups excluding carboxylic acids is 1. The Balaban J connectivity index is -0.0000000945. The fraction of sp³-hybridized carbons (Fsp3) is 0. The second-order valence-electron chi connectivity index (χ2n) is 1.65. The maximum Gasteiger partial charge on any atom is 1.00 e. The molecule has 0 unspecified atom stereocenters. The monoisotopic (exact) mass is 232 g/mol. The predicted octanol–water partition coefficient (Wildman–Crippen LogP) is -6.14. The van der Waals surface area contributed by atoms with E-state index in [1.54, 1.807) is 0 Å². The Morgan fingerprint density at radius 2 is 1.19 bits per heavy atom. The van der Waals surface area contributed by atoms with Gasteiger partial charge in [0, 0.05) is 0 Å². The van der Waals surface area contributed by atoms with Crippen LogP contribution in [0, 0.1) is 0 Å². The molecule has 0 saturated carbocycles. The number of carboxylic acids is 3. The largest absolute Gasteiger partial charge is 1.00 e. The van der Waals surface area contributed by atoms with Crippen LogP contribution in [0.3, 0.4) is 0 Å². The summed E-state index contributed by atoms with van der Waals surface area (Å²) in [5, 5.41) is 38.2. The van der Waals surface area contributed by atoms with E-state index in [0.717, 1.165) is 0 Å². The molecule has 0 bridgehead atoms. The molecule has 12 heteroatoms. The summed E-state index contributed by atoms with van der Waals surface area (Å²) in [6.45, 7) is 0. The van der Waals surface area contributed by atoms with Crippen LogP contribution in [0.1, 0.15) is 1.43 Å². The van der Waals surface area contributed by atoms with Gasteiger partial charge in [-0.25, -0.2) is 19.2 Å². The van der Waals surface area contributed by atoms with Crippen LogP contribution in [0.4, 0.5) is 0 Å². The molecule has 0 aromatic heterocycles. The standard InChI is InChI=1S/C2H3BO6.C2H2O4.Li.H/c4-1(5)2(6)9-3(7)8;3-1(4)2(5)6;;/h7-8H,(H,4,5);(H,3,4)(H,5,6);;/q;;+1;-1. The van der Waals surface area contributed by atoms with Gasteiger partial charge in [-0.15, -0.1) is 0 Å². The Hall–Kier alpha value is -1.54. The van der Waals surface area contributed by atoms with Crippen molar-refractivity contribution in [3.63, 3.8) is 0 Å². The average Bonchev–Trinajstić information content (AvgIpc) is 2.03. The molecule has 0 aliphatic rings. The van der Waals surface area contributed by atoms with Gasteiger partial charge in [0.1, 0.15) is 0 Å². The molecule has 0 spiro atoms. The summed E-state index contributed by atoms with van der Waals surface area (Å²) in [6, 6.07) is 0. The fourth-order valence-electron chi connectivity index (χ4n) is 0.146. The van der Waals surface area contributed by atoms with Gasteiger partial charge >= 0.3 is 50.1 Å². The summed E-state index contributed by atoms with van der Waals surface area (Å²) in [7, 11) is -2.37. The molecule has 0 aliphatic carbocycles. The van der Waals surface area contributed by atoms with Crippen LogP contribution < -0.4 is 18.9 Å². The Bertz CT molecular complexity index is 267. The average molecular weight is 232 g/mol. The molecule has 0 fully saturated rings. The van der Waals surface area contributed by atoms with Crippen molar-refractivity contribution >= 4 is 31.2 Å². The van der Waals surface area contributed by atoms with E-state index in [2.05, 4.69) is 4.65 Å². The van der Waals surface area contributed by atoms with Gasteiger partial charge in [0.25, 0.3) is 0 Å². The van der Waals surface area contributed by atoms with Crippen molar-refractivity contribution in [2.24, 2.45) is 0 Å². The van der Waals surface area contributed by atoms with E-state index in [9.17, 15) is 9.59 Å². The minimum atomic E-state index is -2.37. The Kier molecular flexibility index (Phi) is 12.5. The molecule has 0 radical (unpaired) electrons. The van der Waals surface area contributed by atoms with Gasteiger partial charge in [0.15, 0.2) is 0 Å². The Labute approximate surface area is 101 Å². The minimum Gasteiger partial charge on any atom is -1.00 e. The van der Waals surface area contributed by atoms with E-state index in [1.807, 2.05) is 0 Å². The summed E-state index contributed by atoms with van der Waals surface area (Å²) in [5.74, 6) is -7.22. The maximum atomic E-state index is 9.81. The van der Waals surface area contributed by atoms with Crippen molar-refractivity contribution in [3.05, 3.63) is 0 Å². The smallest absolute Gasteiger partial charge is 1.00 e. The van der Waals surface area contributed by atoms with Gasteiger partial charge in [0.2, 0.25) is 0 Å². The maximum absolute atomic E-state index is 9.81. The first-order valence-electron chi connectivity index (χ1n) is 2.94. The number of hydrogen-bond donors (Lipinski definition) is 5. The fourth-order valence-corrected chi connectivity index (χ4v) is 0.146. The zero-order chi connectivity index (χ0) is 12.6. The summed E-state index contributed by atoms with van der Waals surface area (Å²) in [5.41, 5.74) is 0. The van der Waals surface area contributed by atoms with Crippen LogP contribution in [-0.2, 0) is 23.8 Å². The molecule has 0 rings (SSSR count). The number of carboxylic acid groups (broad SMARTS) is 3. The van der Waals surface area contributed by atoms with Gasteiger partial charge in [-0.1, -0.05) is 0 Å². The van der Waals surface area contributed by atoms with Gasteiger partial charge < -0.3 is 31.4 Å². The second-order valence-corrected chi connectivity index (χ2v) is 1.65. The molecule has 0 aromatic rings. The van der Waals surface area contributed by atoms with E-state index < -0.39 is 31.2 Å². The molecule has 0 saturated heterocycles. The van der Waals surface area contributed by atoms with Crippen LogP contribution in [0.2, 0.25) is 0 Å². The number of carbonyl (C=O) groups is 4. The van der Waals surface area contributed by atoms with Gasteiger partial charge in [-0.05, 0) is 0 Å². The molecule has 5 N–H and O–H groups in total. The normalized spacial score (nSPS) is 7.38. The summed E-state index contributed by atoms with van der Waals surface area (Å²) >= 11 is 0. The third kappa shape index (κ3) is 15.0. The van der Waals surface area contributed by atoms with Crippen molar-refractivity contribution in [1.29, 1.82) is 0 Å². The molecular formula is C4H6BLiO10. The molecule has 0 atom stereocenters. The third-order valence-corrected chi connectivity index (χ3v) is 0.570. The minimum absolute atomic E-state index is 0. The molecule has 0 heterocycles. The Morgan fingerprint density at radius 3 is 1.25 bits per heavy atom. The van der Waals surface area contributed by atoms with E-state index in [1.165, 1.54) is 0 Å². The predicted molar refractivity (Wildman–Crippen MR) is 40.3 cm³/mol. The first-order chi connectivity index (χ1) is 6.68. The van der Waals surface area contributed by atoms with Crippen LogP contribution in [-0.4, -0.2) is 56.6 Å². The van der Waals surface area contributed by atoms with Crippen molar-refractivity contribution in [2.45, 2.75) is 0 Å². The Morgan fingerprint density at radius 1 is 0.875 bits per heavy atom. The molecule has 16 heavy (non-hydrogen) atoms. The van der Waals surface area contributed by atoms with Crippen molar-refractivity contribution in [1.82, 2.24) is 0 Å². The topological polar surface area (TPSA) is 179 Å². The quantitative estimate of drug-likeness (QED) is 0.215. The van der Waals surface area contributed by atoms with Gasteiger partial charge in [0.05, 0.1) is 0 Å². The summed E-state index contributed by atoms with van der Waals surface area (Å²) in [4.78, 5) is 37.5. The van der Waals surface area contributed by atoms with E-state index >= 15 is 0 Å². The van der Waals surface area contributed by atoms with Crippen LogP contribution in [0.25, 0.3) is 0 Å². The van der Waals surface area contributed by atoms with Crippen LogP contribution in [0.15, 0.2) is 0 Å². The van der Waals surface area contributed by atoms with Crippen LogP contribution >= 0.6 is 0 Å². The zero-order valence-corrected chi connectivity index (χ0v) is 7.85. The third-order valence-electron chi connectivity index (χ3n) is 0.570. The molecular weight excluding hydrogens is 226 g/mol. The van der Waals surface area contributed by atoms with Gasteiger partial charge in [-0.2, -0.15) is 0 Å². The number of aliphatic carboxylic acids is 3. The van der Waals surface area contributed by atoms with E-state index in [4.69, 9.17) is 35.0 Å². The van der Waals surface area contributed by atoms with Crippen molar-refractivity contribution in [3.8, 4) is 0 Å².